The maximum absolute atomic E-state index is 13.1. The van der Waals surface area contributed by atoms with Crippen molar-refractivity contribution < 1.29 is 14.3 Å². The number of carbonyl (C=O) groups excluding carboxylic acids is 2. The lowest BCUT2D eigenvalue weighted by Gasteiger charge is -2.51. The Morgan fingerprint density at radius 3 is 2.38 bits per heavy atom. The molecule has 1 heterocycles. The third kappa shape index (κ3) is 3.70. The molecule has 2 rings (SSSR count). The van der Waals surface area contributed by atoms with Gasteiger partial charge in [-0.1, -0.05) is 36.5 Å². The first-order valence-electron chi connectivity index (χ1n) is 8.11. The highest BCUT2D eigenvalue weighted by molar-refractivity contribution is 6.42. The van der Waals surface area contributed by atoms with Crippen LogP contribution in [0.2, 0.25) is 10.0 Å². The number of Topliss-reactive ketones (excluding diaryl/α,β-unsaturated/α-hetero) is 1. The van der Waals surface area contributed by atoms with E-state index >= 15 is 0 Å². The lowest BCUT2D eigenvalue weighted by molar-refractivity contribution is -0.0371. The standard InChI is InChI=1S/C18H23Cl2NO3/c1-5-8-18(9-10-21(18)16(23)24-17(2,3)4)15(22)12-6-7-13(19)14(20)11-12/h6-7,11H,5,8-10H2,1-4H3. The van der Waals surface area contributed by atoms with Gasteiger partial charge in [0.05, 0.1) is 10.0 Å². The third-order valence-corrected chi connectivity index (χ3v) is 4.89. The second kappa shape index (κ2) is 6.93. The van der Waals surface area contributed by atoms with Gasteiger partial charge in [0.2, 0.25) is 0 Å². The number of hydrogen-bond acceptors (Lipinski definition) is 3. The summed E-state index contributed by atoms with van der Waals surface area (Å²) in [5.74, 6) is -0.111. The van der Waals surface area contributed by atoms with Crippen molar-refractivity contribution in [3.8, 4) is 0 Å². The number of nitrogens with zero attached hydrogens (tertiary/aromatic N) is 1. The molecule has 1 aliphatic heterocycles. The van der Waals surface area contributed by atoms with Gasteiger partial charge in [-0.15, -0.1) is 0 Å². The van der Waals surface area contributed by atoms with E-state index in [1.165, 1.54) is 0 Å². The summed E-state index contributed by atoms with van der Waals surface area (Å²) in [6.07, 6.45) is 1.55. The molecule has 24 heavy (non-hydrogen) atoms. The van der Waals surface area contributed by atoms with E-state index < -0.39 is 17.2 Å². The van der Waals surface area contributed by atoms with Crippen LogP contribution in [-0.2, 0) is 4.74 Å². The largest absolute Gasteiger partial charge is 0.444 e. The van der Waals surface area contributed by atoms with Crippen molar-refractivity contribution in [2.24, 2.45) is 0 Å². The quantitative estimate of drug-likeness (QED) is 0.669. The minimum Gasteiger partial charge on any atom is -0.444 e. The first-order chi connectivity index (χ1) is 11.1. The van der Waals surface area contributed by atoms with Crippen molar-refractivity contribution in [2.75, 3.05) is 6.54 Å². The van der Waals surface area contributed by atoms with Gasteiger partial charge >= 0.3 is 6.09 Å². The van der Waals surface area contributed by atoms with Crippen LogP contribution in [0.3, 0.4) is 0 Å². The maximum Gasteiger partial charge on any atom is 0.411 e. The number of hydrogen-bond donors (Lipinski definition) is 0. The fraction of sp³-hybridized carbons (Fsp3) is 0.556. The molecular weight excluding hydrogens is 349 g/mol. The Labute approximate surface area is 153 Å². The molecule has 0 aliphatic carbocycles. The van der Waals surface area contributed by atoms with E-state index in [0.29, 0.717) is 35.0 Å². The normalized spacial score (nSPS) is 20.5. The van der Waals surface area contributed by atoms with Crippen molar-refractivity contribution >= 4 is 35.1 Å². The highest BCUT2D eigenvalue weighted by atomic mass is 35.5. The molecule has 1 unspecified atom stereocenters. The van der Waals surface area contributed by atoms with Crippen LogP contribution in [0, 0.1) is 0 Å². The van der Waals surface area contributed by atoms with Crippen molar-refractivity contribution in [3.63, 3.8) is 0 Å². The number of ketones is 1. The van der Waals surface area contributed by atoms with E-state index in [0.717, 1.165) is 6.42 Å². The second-order valence-electron chi connectivity index (χ2n) is 7.12. The fourth-order valence-electron chi connectivity index (χ4n) is 3.01. The van der Waals surface area contributed by atoms with Crippen molar-refractivity contribution in [2.45, 2.75) is 58.1 Å². The van der Waals surface area contributed by atoms with Crippen LogP contribution in [0.15, 0.2) is 18.2 Å². The molecule has 1 aromatic rings. The van der Waals surface area contributed by atoms with Crippen molar-refractivity contribution in [1.29, 1.82) is 0 Å². The Balaban J connectivity index is 2.31. The molecule has 0 N–H and O–H groups in total. The molecule has 1 atom stereocenters. The molecule has 6 heteroatoms. The molecule has 0 radical (unpaired) electrons. The SMILES string of the molecule is CCCC1(C(=O)c2ccc(Cl)c(Cl)c2)CCN1C(=O)OC(C)(C)C. The second-order valence-corrected chi connectivity index (χ2v) is 7.94. The molecule has 0 aromatic heterocycles. The van der Waals surface area contributed by atoms with Gasteiger partial charge in [-0.3, -0.25) is 9.69 Å². The molecule has 132 valence electrons. The summed E-state index contributed by atoms with van der Waals surface area (Å²) in [4.78, 5) is 27.2. The van der Waals surface area contributed by atoms with E-state index in [4.69, 9.17) is 27.9 Å². The van der Waals surface area contributed by atoms with Gasteiger partial charge in [0.25, 0.3) is 0 Å². The van der Waals surface area contributed by atoms with Gasteiger partial charge in [0, 0.05) is 12.1 Å². The lowest BCUT2D eigenvalue weighted by atomic mass is 9.75. The Morgan fingerprint density at radius 1 is 1.25 bits per heavy atom. The van der Waals surface area contributed by atoms with Crippen LogP contribution < -0.4 is 0 Å². The number of amides is 1. The van der Waals surface area contributed by atoms with Crippen LogP contribution in [0.25, 0.3) is 0 Å². The highest BCUT2D eigenvalue weighted by Gasteiger charge is 2.53. The molecular formula is C18H23Cl2NO3. The zero-order valence-corrected chi connectivity index (χ0v) is 16.0. The summed E-state index contributed by atoms with van der Waals surface area (Å²) in [5.41, 5.74) is -0.989. The predicted octanol–water partition coefficient (Wildman–Crippen LogP) is 5.36. The van der Waals surface area contributed by atoms with E-state index in [1.807, 2.05) is 27.7 Å². The van der Waals surface area contributed by atoms with Crippen LogP contribution >= 0.6 is 23.2 Å². The van der Waals surface area contributed by atoms with Crippen LogP contribution in [-0.4, -0.2) is 34.5 Å². The monoisotopic (exact) mass is 371 g/mol. The van der Waals surface area contributed by atoms with Gasteiger partial charge in [-0.05, 0) is 51.8 Å². The summed E-state index contributed by atoms with van der Waals surface area (Å²) >= 11 is 12.0. The zero-order valence-electron chi connectivity index (χ0n) is 14.5. The van der Waals surface area contributed by atoms with E-state index in [-0.39, 0.29) is 5.78 Å². The Hall–Kier alpha value is -1.26. The maximum atomic E-state index is 13.1. The van der Waals surface area contributed by atoms with Gasteiger partial charge in [-0.2, -0.15) is 0 Å². The summed E-state index contributed by atoms with van der Waals surface area (Å²) in [5, 5.41) is 0.729. The average molecular weight is 372 g/mol. The molecule has 4 nitrogen and oxygen atoms in total. The van der Waals surface area contributed by atoms with E-state index in [2.05, 4.69) is 0 Å². The minimum atomic E-state index is -0.853. The van der Waals surface area contributed by atoms with Gasteiger partial charge in [0.15, 0.2) is 5.78 Å². The first kappa shape index (κ1) is 19.1. The van der Waals surface area contributed by atoms with E-state index in [1.54, 1.807) is 23.1 Å². The van der Waals surface area contributed by atoms with Gasteiger partial charge < -0.3 is 4.74 Å². The molecule has 0 bridgehead atoms. The predicted molar refractivity (Wildman–Crippen MR) is 96.0 cm³/mol. The third-order valence-electron chi connectivity index (χ3n) is 4.15. The molecule has 1 amide bonds. The topological polar surface area (TPSA) is 46.6 Å². The minimum absolute atomic E-state index is 0.111. The molecule has 0 spiro atoms. The lowest BCUT2D eigenvalue weighted by Crippen LogP contribution is -2.66. The number of halogens is 2. The summed E-state index contributed by atoms with van der Waals surface area (Å²) < 4.78 is 5.46. The van der Waals surface area contributed by atoms with Gasteiger partial charge in [0.1, 0.15) is 11.1 Å². The highest BCUT2D eigenvalue weighted by Crippen LogP contribution is 2.40. The zero-order chi connectivity index (χ0) is 18.1. The van der Waals surface area contributed by atoms with E-state index in [9.17, 15) is 9.59 Å². The molecule has 0 saturated carbocycles. The Bertz CT molecular complexity index is 654. The number of carbonyl (C=O) groups is 2. The molecule has 1 aromatic carbocycles. The van der Waals surface area contributed by atoms with Crippen molar-refractivity contribution in [1.82, 2.24) is 4.90 Å². The smallest absolute Gasteiger partial charge is 0.411 e. The fourth-order valence-corrected chi connectivity index (χ4v) is 3.30. The average Bonchev–Trinajstić information content (AvgIpc) is 2.43. The van der Waals surface area contributed by atoms with Crippen molar-refractivity contribution in [3.05, 3.63) is 33.8 Å². The number of likely N-dealkylation sites (tertiary alicyclic amines) is 1. The number of rotatable bonds is 4. The molecule has 1 fully saturated rings. The summed E-state index contributed by atoms with van der Waals surface area (Å²) in [6, 6.07) is 4.82. The number of benzene rings is 1. The summed E-state index contributed by atoms with van der Waals surface area (Å²) in [6.45, 7) is 7.95. The first-order valence-corrected chi connectivity index (χ1v) is 8.87. The van der Waals surface area contributed by atoms with Gasteiger partial charge in [-0.25, -0.2) is 4.79 Å². The molecule has 1 aliphatic rings. The molecule has 1 saturated heterocycles. The summed E-state index contributed by atoms with van der Waals surface area (Å²) in [7, 11) is 0. The number of ether oxygens (including phenoxy) is 1. The Kier molecular flexibility index (Phi) is 5.50. The van der Waals surface area contributed by atoms with Crippen LogP contribution in [0.5, 0.6) is 0 Å². The van der Waals surface area contributed by atoms with Crippen LogP contribution in [0.1, 0.15) is 57.3 Å². The Morgan fingerprint density at radius 2 is 1.92 bits per heavy atom. The van der Waals surface area contributed by atoms with Crippen LogP contribution in [0.4, 0.5) is 4.79 Å².